The van der Waals surface area contributed by atoms with Gasteiger partial charge >= 0.3 is 6.09 Å². The minimum Gasteiger partial charge on any atom is -0.444 e. The summed E-state index contributed by atoms with van der Waals surface area (Å²) in [5.41, 5.74) is -0.361. The molecule has 0 radical (unpaired) electrons. The van der Waals surface area contributed by atoms with Crippen LogP contribution in [0.3, 0.4) is 0 Å². The molecule has 4 nitrogen and oxygen atoms in total. The van der Waals surface area contributed by atoms with E-state index in [4.69, 9.17) is 16.3 Å². The van der Waals surface area contributed by atoms with Gasteiger partial charge < -0.3 is 10.1 Å². The molecule has 1 rings (SSSR count). The number of carbonyl (C=O) groups is 1. The maximum Gasteiger partial charge on any atom is 0.411 e. The van der Waals surface area contributed by atoms with E-state index in [0.717, 1.165) is 0 Å². The molecule has 0 fully saturated rings. The monoisotopic (exact) mass is 230 g/mol. The summed E-state index contributed by atoms with van der Waals surface area (Å²) in [4.78, 5) is 11.4. The summed E-state index contributed by atoms with van der Waals surface area (Å²) in [7, 11) is 0. The lowest BCUT2D eigenvalue weighted by atomic mass is 10.2. The molecule has 1 aliphatic heterocycles. The molecule has 0 bridgehead atoms. The largest absolute Gasteiger partial charge is 0.444 e. The molecular weight excluding hydrogens is 216 g/mol. The zero-order valence-corrected chi connectivity index (χ0v) is 9.76. The maximum atomic E-state index is 11.4. The van der Waals surface area contributed by atoms with Crippen LogP contribution < -0.4 is 10.6 Å². The molecule has 0 aromatic heterocycles. The van der Waals surface area contributed by atoms with Crippen molar-refractivity contribution in [3.8, 4) is 0 Å². The molecule has 0 aromatic carbocycles. The van der Waals surface area contributed by atoms with Crippen molar-refractivity contribution < 1.29 is 9.53 Å². The van der Waals surface area contributed by atoms with E-state index in [1.807, 2.05) is 0 Å². The van der Waals surface area contributed by atoms with Crippen LogP contribution in [0.2, 0.25) is 0 Å². The molecule has 0 aromatic rings. The predicted octanol–water partition coefficient (Wildman–Crippen LogP) is 2.08. The summed E-state index contributed by atoms with van der Waals surface area (Å²) in [6, 6.07) is 0. The molecular formula is C10H15ClN2O2. The van der Waals surface area contributed by atoms with E-state index in [1.165, 1.54) is 0 Å². The molecule has 15 heavy (non-hydrogen) atoms. The van der Waals surface area contributed by atoms with Crippen LogP contribution in [0.15, 0.2) is 24.0 Å². The van der Waals surface area contributed by atoms with Gasteiger partial charge in [-0.05, 0) is 39.1 Å². The number of alkyl carbamates (subject to hydrolysis) is 1. The highest BCUT2D eigenvalue weighted by Crippen LogP contribution is 2.11. The number of halogens is 1. The first-order valence-electron chi connectivity index (χ1n) is 4.65. The summed E-state index contributed by atoms with van der Waals surface area (Å²) < 4.78 is 5.09. The van der Waals surface area contributed by atoms with E-state index >= 15 is 0 Å². The van der Waals surface area contributed by atoms with Gasteiger partial charge in [-0.1, -0.05) is 11.6 Å². The number of dihydropyridines is 1. The first-order valence-corrected chi connectivity index (χ1v) is 5.09. The van der Waals surface area contributed by atoms with Crippen molar-refractivity contribution in [2.75, 3.05) is 0 Å². The number of amides is 1. The standard InChI is InChI=1S/C10H15ClN2O2/c1-10(2,3)15-9(14)13-7-5-4-6-12-8(7)11/h4-6,8,12H,1-3H3,(H,13,14). The molecule has 1 unspecified atom stereocenters. The second kappa shape index (κ2) is 4.57. The van der Waals surface area contributed by atoms with E-state index in [1.54, 1.807) is 39.1 Å². The molecule has 1 atom stereocenters. The van der Waals surface area contributed by atoms with Crippen molar-refractivity contribution in [3.63, 3.8) is 0 Å². The molecule has 84 valence electrons. The van der Waals surface area contributed by atoms with Crippen LogP contribution in [0.25, 0.3) is 0 Å². The Balaban J connectivity index is 2.51. The van der Waals surface area contributed by atoms with E-state index in [9.17, 15) is 4.79 Å². The van der Waals surface area contributed by atoms with E-state index in [2.05, 4.69) is 10.6 Å². The van der Waals surface area contributed by atoms with Crippen molar-refractivity contribution in [3.05, 3.63) is 24.0 Å². The molecule has 1 aliphatic rings. The number of ether oxygens (including phenoxy) is 1. The Morgan fingerprint density at radius 3 is 2.80 bits per heavy atom. The lowest BCUT2D eigenvalue weighted by Gasteiger charge is -2.22. The fourth-order valence-electron chi connectivity index (χ4n) is 0.993. The fourth-order valence-corrected chi connectivity index (χ4v) is 1.19. The lowest BCUT2D eigenvalue weighted by molar-refractivity contribution is 0.0544. The minimum atomic E-state index is -0.510. The van der Waals surface area contributed by atoms with Gasteiger partial charge in [-0.3, -0.25) is 5.32 Å². The van der Waals surface area contributed by atoms with E-state index in [0.29, 0.717) is 5.70 Å². The van der Waals surface area contributed by atoms with Crippen LogP contribution in [0, 0.1) is 0 Å². The van der Waals surface area contributed by atoms with E-state index in [-0.39, 0.29) is 0 Å². The Kier molecular flexibility index (Phi) is 3.63. The van der Waals surface area contributed by atoms with Gasteiger partial charge in [0.05, 0.1) is 5.70 Å². The highest BCUT2D eigenvalue weighted by atomic mass is 35.5. The third kappa shape index (κ3) is 4.25. The lowest BCUT2D eigenvalue weighted by Crippen LogP contribution is -2.37. The van der Waals surface area contributed by atoms with Gasteiger partial charge in [0.15, 0.2) is 0 Å². The summed E-state index contributed by atoms with van der Waals surface area (Å²) >= 11 is 5.90. The number of hydrogen-bond donors (Lipinski definition) is 2. The first-order chi connectivity index (χ1) is 6.88. The third-order valence-corrected chi connectivity index (χ3v) is 1.89. The molecule has 0 aliphatic carbocycles. The SMILES string of the molecule is CC(C)(C)OC(=O)NC1=CC=CNC1Cl. The molecule has 1 amide bonds. The van der Waals surface area contributed by atoms with Crippen LogP contribution in [-0.2, 0) is 4.74 Å². The smallest absolute Gasteiger partial charge is 0.411 e. The topological polar surface area (TPSA) is 50.4 Å². The van der Waals surface area contributed by atoms with Gasteiger partial charge in [-0.25, -0.2) is 4.79 Å². The van der Waals surface area contributed by atoms with Crippen molar-refractivity contribution in [2.45, 2.75) is 31.9 Å². The first kappa shape index (κ1) is 11.9. The van der Waals surface area contributed by atoms with Crippen LogP contribution in [0.4, 0.5) is 4.79 Å². The second-order valence-corrected chi connectivity index (χ2v) is 4.57. The number of rotatable bonds is 1. The number of allylic oxidation sites excluding steroid dienone is 2. The van der Waals surface area contributed by atoms with Crippen LogP contribution in [-0.4, -0.2) is 17.2 Å². The van der Waals surface area contributed by atoms with Crippen molar-refractivity contribution >= 4 is 17.7 Å². The average molecular weight is 231 g/mol. The van der Waals surface area contributed by atoms with Gasteiger partial charge in [0.2, 0.25) is 0 Å². The van der Waals surface area contributed by atoms with E-state index < -0.39 is 17.2 Å². The average Bonchev–Trinajstić information content (AvgIpc) is 2.05. The minimum absolute atomic E-state index is 0.428. The normalized spacial score (nSPS) is 20.3. The predicted molar refractivity (Wildman–Crippen MR) is 59.4 cm³/mol. The van der Waals surface area contributed by atoms with Gasteiger partial charge in [0.1, 0.15) is 11.1 Å². The second-order valence-electron chi connectivity index (χ2n) is 4.14. The number of nitrogens with one attached hydrogen (secondary N) is 2. The highest BCUT2D eigenvalue weighted by Gasteiger charge is 2.19. The van der Waals surface area contributed by atoms with Crippen molar-refractivity contribution in [1.82, 2.24) is 10.6 Å². The van der Waals surface area contributed by atoms with Crippen LogP contribution in [0.1, 0.15) is 20.8 Å². The number of hydrogen-bond acceptors (Lipinski definition) is 3. The third-order valence-electron chi connectivity index (χ3n) is 1.53. The zero-order chi connectivity index (χ0) is 11.5. The van der Waals surface area contributed by atoms with Gasteiger partial charge in [-0.2, -0.15) is 0 Å². The number of carbonyl (C=O) groups excluding carboxylic acids is 1. The fraction of sp³-hybridized carbons (Fsp3) is 0.500. The van der Waals surface area contributed by atoms with Crippen LogP contribution >= 0.6 is 11.6 Å². The summed E-state index contributed by atoms with van der Waals surface area (Å²) in [6.45, 7) is 5.41. The van der Waals surface area contributed by atoms with Crippen LogP contribution in [0.5, 0.6) is 0 Å². The summed E-state index contributed by atoms with van der Waals surface area (Å²) in [6.07, 6.45) is 4.68. The quantitative estimate of drug-likeness (QED) is 0.536. The van der Waals surface area contributed by atoms with Gasteiger partial charge in [-0.15, -0.1) is 0 Å². The Morgan fingerprint density at radius 1 is 1.60 bits per heavy atom. The Bertz CT molecular complexity index is 305. The van der Waals surface area contributed by atoms with Crippen molar-refractivity contribution in [2.24, 2.45) is 0 Å². The Hall–Kier alpha value is -1.16. The molecule has 1 heterocycles. The zero-order valence-electron chi connectivity index (χ0n) is 9.00. The molecule has 0 saturated carbocycles. The van der Waals surface area contributed by atoms with Crippen molar-refractivity contribution in [1.29, 1.82) is 0 Å². The Labute approximate surface area is 94.3 Å². The van der Waals surface area contributed by atoms with Gasteiger partial charge in [0.25, 0.3) is 0 Å². The molecule has 0 saturated heterocycles. The highest BCUT2D eigenvalue weighted by molar-refractivity contribution is 6.22. The Morgan fingerprint density at radius 2 is 2.27 bits per heavy atom. The van der Waals surface area contributed by atoms with Gasteiger partial charge in [0, 0.05) is 0 Å². The number of alkyl halides is 1. The molecule has 5 heteroatoms. The maximum absolute atomic E-state index is 11.4. The molecule has 2 N–H and O–H groups in total. The summed E-state index contributed by atoms with van der Waals surface area (Å²) in [5, 5.41) is 5.43. The molecule has 0 spiro atoms. The summed E-state index contributed by atoms with van der Waals surface area (Å²) in [5.74, 6) is 0.